The molecule has 25 heavy (non-hydrogen) atoms. The van der Waals surface area contributed by atoms with Crippen molar-refractivity contribution in [2.75, 3.05) is 24.2 Å². The summed E-state index contributed by atoms with van der Waals surface area (Å²) in [6.07, 6.45) is 3.73. The summed E-state index contributed by atoms with van der Waals surface area (Å²) in [6, 6.07) is 10.0. The van der Waals surface area contributed by atoms with Crippen molar-refractivity contribution in [1.29, 1.82) is 0 Å². The Morgan fingerprint density at radius 3 is 2.88 bits per heavy atom. The highest BCUT2D eigenvalue weighted by Gasteiger charge is 2.30. The van der Waals surface area contributed by atoms with Gasteiger partial charge in [0.05, 0.1) is 0 Å². The van der Waals surface area contributed by atoms with Crippen molar-refractivity contribution in [2.45, 2.75) is 43.6 Å². The molecule has 0 aliphatic carbocycles. The van der Waals surface area contributed by atoms with Gasteiger partial charge < -0.3 is 14.7 Å². The molecule has 1 N–H and O–H groups in total. The number of aliphatic hydroxyl groups is 1. The number of benzene rings is 1. The van der Waals surface area contributed by atoms with Crippen LogP contribution in [0.5, 0.6) is 5.75 Å². The zero-order chi connectivity index (χ0) is 17.8. The van der Waals surface area contributed by atoms with E-state index in [1.165, 1.54) is 17.3 Å². The van der Waals surface area contributed by atoms with Crippen LogP contribution in [0.25, 0.3) is 0 Å². The number of thioether (sulfide) groups is 1. The molecule has 1 aliphatic rings. The second-order valence-electron chi connectivity index (χ2n) is 6.59. The minimum atomic E-state index is -0.552. The summed E-state index contributed by atoms with van der Waals surface area (Å²) in [5, 5.41) is 11.3. The lowest BCUT2D eigenvalue weighted by Crippen LogP contribution is -2.49. The number of hydrogen-bond donors (Lipinski definition) is 1. The fourth-order valence-electron chi connectivity index (χ4n) is 2.98. The molecule has 6 heteroatoms. The third kappa shape index (κ3) is 4.44. The van der Waals surface area contributed by atoms with E-state index in [0.29, 0.717) is 12.5 Å². The fourth-order valence-corrected chi connectivity index (χ4v) is 3.33. The molecule has 0 radical (unpaired) electrons. The third-order valence-corrected chi connectivity index (χ3v) is 5.02. The van der Waals surface area contributed by atoms with Crippen LogP contribution in [-0.4, -0.2) is 46.6 Å². The first-order chi connectivity index (χ1) is 12.1. The largest absolute Gasteiger partial charge is 0.488 e. The Hall–Kier alpha value is -1.79. The number of aromatic nitrogens is 2. The first kappa shape index (κ1) is 18.0. The van der Waals surface area contributed by atoms with E-state index in [2.05, 4.69) is 40.8 Å². The molecule has 0 unspecified atom stereocenters. The molecule has 1 fully saturated rings. The van der Waals surface area contributed by atoms with Gasteiger partial charge in [0.25, 0.3) is 0 Å². The van der Waals surface area contributed by atoms with E-state index >= 15 is 0 Å². The van der Waals surface area contributed by atoms with Crippen molar-refractivity contribution >= 4 is 17.6 Å². The Morgan fingerprint density at radius 1 is 1.32 bits per heavy atom. The first-order valence-corrected chi connectivity index (χ1v) is 9.86. The van der Waals surface area contributed by atoms with Crippen LogP contribution < -0.4 is 9.64 Å². The van der Waals surface area contributed by atoms with Crippen LogP contribution in [0.4, 0.5) is 5.82 Å². The predicted octanol–water partition coefficient (Wildman–Crippen LogP) is 3.34. The van der Waals surface area contributed by atoms with Crippen LogP contribution >= 0.6 is 11.8 Å². The van der Waals surface area contributed by atoms with Crippen LogP contribution in [0.1, 0.15) is 31.7 Å². The molecule has 0 spiro atoms. The number of piperidine rings is 1. The molecule has 0 saturated carbocycles. The van der Waals surface area contributed by atoms with Crippen molar-refractivity contribution < 1.29 is 9.84 Å². The summed E-state index contributed by atoms with van der Waals surface area (Å²) in [7, 11) is 0. The molecular formula is C19H25N3O2S. The lowest BCUT2D eigenvalue weighted by Gasteiger charge is -2.36. The molecule has 1 saturated heterocycles. The Labute approximate surface area is 153 Å². The van der Waals surface area contributed by atoms with Gasteiger partial charge in [-0.15, -0.1) is 0 Å². The zero-order valence-electron chi connectivity index (χ0n) is 14.9. The van der Waals surface area contributed by atoms with Gasteiger partial charge in [0.1, 0.15) is 23.8 Å². The summed E-state index contributed by atoms with van der Waals surface area (Å²) < 4.78 is 6.07. The topological polar surface area (TPSA) is 58.5 Å². The predicted molar refractivity (Wildman–Crippen MR) is 102 cm³/mol. The molecule has 5 nitrogen and oxygen atoms in total. The zero-order valence-corrected chi connectivity index (χ0v) is 15.7. The van der Waals surface area contributed by atoms with Gasteiger partial charge in [-0.25, -0.2) is 9.97 Å². The Kier molecular flexibility index (Phi) is 5.81. The van der Waals surface area contributed by atoms with Crippen LogP contribution in [0.2, 0.25) is 0 Å². The summed E-state index contributed by atoms with van der Waals surface area (Å²) in [6.45, 7) is 5.64. The SMILES string of the molecule is CSc1nccc(N2CC[C@@H](Oc3cccc(C(C)C)c3)[C@H](O)C2)n1. The van der Waals surface area contributed by atoms with Crippen LogP contribution in [0, 0.1) is 0 Å². The van der Waals surface area contributed by atoms with Gasteiger partial charge in [0.2, 0.25) is 0 Å². The molecule has 0 amide bonds. The lowest BCUT2D eigenvalue weighted by atomic mass is 10.0. The molecule has 2 atom stereocenters. The summed E-state index contributed by atoms with van der Waals surface area (Å²) in [4.78, 5) is 10.8. The number of anilines is 1. The molecule has 3 rings (SSSR count). The summed E-state index contributed by atoms with van der Waals surface area (Å²) >= 11 is 1.52. The molecule has 0 bridgehead atoms. The van der Waals surface area contributed by atoms with E-state index in [9.17, 15) is 5.11 Å². The molecule has 134 valence electrons. The highest BCUT2D eigenvalue weighted by Crippen LogP contribution is 2.25. The molecular weight excluding hydrogens is 334 g/mol. The fraction of sp³-hybridized carbons (Fsp3) is 0.474. The van der Waals surface area contributed by atoms with Crippen molar-refractivity contribution in [1.82, 2.24) is 9.97 Å². The van der Waals surface area contributed by atoms with E-state index in [4.69, 9.17) is 4.74 Å². The smallest absolute Gasteiger partial charge is 0.189 e. The maximum absolute atomic E-state index is 10.6. The molecule has 2 aromatic rings. The first-order valence-electron chi connectivity index (χ1n) is 8.63. The van der Waals surface area contributed by atoms with Gasteiger partial charge in [0.15, 0.2) is 5.16 Å². The minimum absolute atomic E-state index is 0.194. The highest BCUT2D eigenvalue weighted by molar-refractivity contribution is 7.98. The van der Waals surface area contributed by atoms with E-state index < -0.39 is 6.10 Å². The van der Waals surface area contributed by atoms with Gasteiger partial charge >= 0.3 is 0 Å². The van der Waals surface area contributed by atoms with Gasteiger partial charge in [-0.3, -0.25) is 0 Å². The standard InChI is InChI=1S/C19H25N3O2S/c1-13(2)14-5-4-6-15(11-14)24-17-8-10-22(12-16(17)23)18-7-9-20-19(21-18)25-3/h4-7,9,11,13,16-17,23H,8,10,12H2,1-3H3/t16-,17-/m1/s1. The van der Waals surface area contributed by atoms with E-state index in [-0.39, 0.29) is 6.10 Å². The molecule has 2 heterocycles. The number of rotatable bonds is 5. The summed E-state index contributed by atoms with van der Waals surface area (Å²) in [5.41, 5.74) is 1.25. The summed E-state index contributed by atoms with van der Waals surface area (Å²) in [5.74, 6) is 2.15. The van der Waals surface area contributed by atoms with Gasteiger partial charge in [-0.05, 0) is 35.9 Å². The molecule has 1 aromatic carbocycles. The van der Waals surface area contributed by atoms with Gasteiger partial charge in [-0.1, -0.05) is 37.7 Å². The average molecular weight is 359 g/mol. The Balaban J connectivity index is 1.64. The average Bonchev–Trinajstić information content (AvgIpc) is 2.63. The van der Waals surface area contributed by atoms with Crippen molar-refractivity contribution in [3.8, 4) is 5.75 Å². The number of aliphatic hydroxyl groups excluding tert-OH is 1. The van der Waals surface area contributed by atoms with E-state index in [0.717, 1.165) is 29.7 Å². The number of nitrogens with zero attached hydrogens (tertiary/aromatic N) is 3. The van der Waals surface area contributed by atoms with E-state index in [1.807, 2.05) is 24.5 Å². The van der Waals surface area contributed by atoms with Crippen molar-refractivity contribution in [3.05, 3.63) is 42.1 Å². The van der Waals surface area contributed by atoms with Crippen LogP contribution in [-0.2, 0) is 0 Å². The maximum Gasteiger partial charge on any atom is 0.189 e. The monoisotopic (exact) mass is 359 g/mol. The normalized spacial score (nSPS) is 20.8. The van der Waals surface area contributed by atoms with Gasteiger partial charge in [0, 0.05) is 25.7 Å². The Morgan fingerprint density at radius 2 is 2.16 bits per heavy atom. The molecule has 1 aromatic heterocycles. The number of hydrogen-bond acceptors (Lipinski definition) is 6. The lowest BCUT2D eigenvalue weighted by molar-refractivity contribution is 0.0240. The Bertz CT molecular complexity index is 711. The number of β-amino-alcohol motifs (C(OH)–C–C–N with tert-alkyl or cyclic N) is 1. The molecule has 1 aliphatic heterocycles. The maximum atomic E-state index is 10.6. The minimum Gasteiger partial charge on any atom is -0.488 e. The van der Waals surface area contributed by atoms with E-state index in [1.54, 1.807) is 6.20 Å². The van der Waals surface area contributed by atoms with Crippen LogP contribution in [0.3, 0.4) is 0 Å². The highest BCUT2D eigenvalue weighted by atomic mass is 32.2. The third-order valence-electron chi connectivity index (χ3n) is 4.46. The van der Waals surface area contributed by atoms with Crippen molar-refractivity contribution in [2.24, 2.45) is 0 Å². The second kappa shape index (κ2) is 8.06. The number of ether oxygens (including phenoxy) is 1. The quantitative estimate of drug-likeness (QED) is 0.653. The second-order valence-corrected chi connectivity index (χ2v) is 7.36. The van der Waals surface area contributed by atoms with Crippen molar-refractivity contribution in [3.63, 3.8) is 0 Å². The van der Waals surface area contributed by atoms with Crippen LogP contribution in [0.15, 0.2) is 41.7 Å². The van der Waals surface area contributed by atoms with Gasteiger partial charge in [-0.2, -0.15) is 0 Å².